The molecule has 0 spiro atoms. The molecule has 0 heterocycles. The highest BCUT2D eigenvalue weighted by Crippen LogP contribution is 2.46. The van der Waals surface area contributed by atoms with Crippen molar-refractivity contribution in [1.82, 2.24) is 0 Å². The number of thioether (sulfide) groups is 1. The lowest BCUT2D eigenvalue weighted by Crippen LogP contribution is -1.97. The number of fused-ring (bicyclic) bond motifs is 3. The van der Waals surface area contributed by atoms with E-state index < -0.39 is 5.51 Å². The third-order valence-electron chi connectivity index (χ3n) is 3.04. The van der Waals surface area contributed by atoms with Crippen LogP contribution in [0.3, 0.4) is 0 Å². The fourth-order valence-corrected chi connectivity index (χ4v) is 2.81. The van der Waals surface area contributed by atoms with Crippen LogP contribution in [-0.2, 0) is 0 Å². The minimum Gasteiger partial charge on any atom is -0.160 e. The van der Waals surface area contributed by atoms with E-state index >= 15 is 0 Å². The molecule has 0 bridgehead atoms. The zero-order chi connectivity index (χ0) is 13.5. The molecule has 1 aliphatic rings. The van der Waals surface area contributed by atoms with E-state index in [4.69, 9.17) is 0 Å². The second-order valence-corrected chi connectivity index (χ2v) is 5.12. The highest BCUT2D eigenvalue weighted by atomic mass is 32.2. The third-order valence-corrected chi connectivity index (χ3v) is 3.66. The average molecular weight is 278 g/mol. The van der Waals surface area contributed by atoms with E-state index in [-0.39, 0.29) is 11.8 Å². The molecule has 0 saturated carbocycles. The highest BCUT2D eigenvalue weighted by molar-refractivity contribution is 8.03. The van der Waals surface area contributed by atoms with Gasteiger partial charge >= 0.3 is 5.51 Å². The molecule has 0 aliphatic heterocycles. The summed E-state index contributed by atoms with van der Waals surface area (Å²) in [4.78, 5) is 0. The largest absolute Gasteiger partial charge is 0.445 e. The minimum atomic E-state index is -4.25. The van der Waals surface area contributed by atoms with E-state index in [0.29, 0.717) is 5.57 Å². The first-order valence-corrected chi connectivity index (χ1v) is 6.58. The quantitative estimate of drug-likeness (QED) is 0.581. The molecule has 0 atom stereocenters. The Hall–Kier alpha value is -1.68. The van der Waals surface area contributed by atoms with E-state index in [1.165, 1.54) is 5.41 Å². The summed E-state index contributed by atoms with van der Waals surface area (Å²) in [7, 11) is 0. The van der Waals surface area contributed by atoms with Crippen molar-refractivity contribution in [3.8, 4) is 11.1 Å². The Morgan fingerprint density at radius 3 is 1.58 bits per heavy atom. The highest BCUT2D eigenvalue weighted by Gasteiger charge is 2.29. The molecule has 0 aromatic heterocycles. The molecule has 0 fully saturated rings. The monoisotopic (exact) mass is 278 g/mol. The van der Waals surface area contributed by atoms with Crippen LogP contribution in [0.5, 0.6) is 0 Å². The van der Waals surface area contributed by atoms with Crippen LogP contribution in [0.25, 0.3) is 16.7 Å². The van der Waals surface area contributed by atoms with Crippen molar-refractivity contribution in [2.24, 2.45) is 0 Å². The van der Waals surface area contributed by atoms with Crippen LogP contribution in [-0.4, -0.2) is 5.51 Å². The molecule has 2 aromatic carbocycles. The summed E-state index contributed by atoms with van der Waals surface area (Å²) >= 11 is -0.104. The van der Waals surface area contributed by atoms with Gasteiger partial charge in [0.2, 0.25) is 0 Å². The molecule has 3 rings (SSSR count). The van der Waals surface area contributed by atoms with Crippen molar-refractivity contribution in [2.75, 3.05) is 0 Å². The van der Waals surface area contributed by atoms with Crippen molar-refractivity contribution in [3.05, 3.63) is 65.1 Å². The van der Waals surface area contributed by atoms with Gasteiger partial charge in [-0.05, 0) is 45.0 Å². The summed E-state index contributed by atoms with van der Waals surface area (Å²) in [5, 5.41) is 1.20. The van der Waals surface area contributed by atoms with Gasteiger partial charge in [0.1, 0.15) is 0 Å². The van der Waals surface area contributed by atoms with Crippen LogP contribution in [0.15, 0.2) is 53.9 Å². The van der Waals surface area contributed by atoms with Gasteiger partial charge in [-0.25, -0.2) is 0 Å². The van der Waals surface area contributed by atoms with Crippen LogP contribution in [0.4, 0.5) is 13.2 Å². The van der Waals surface area contributed by atoms with Crippen molar-refractivity contribution in [3.63, 3.8) is 0 Å². The van der Waals surface area contributed by atoms with E-state index in [0.717, 1.165) is 22.3 Å². The van der Waals surface area contributed by atoms with E-state index in [9.17, 15) is 13.2 Å². The lowest BCUT2D eigenvalue weighted by atomic mass is 10.1. The Kier molecular flexibility index (Phi) is 2.90. The van der Waals surface area contributed by atoms with Crippen molar-refractivity contribution in [2.45, 2.75) is 5.51 Å². The summed E-state index contributed by atoms with van der Waals surface area (Å²) in [5.41, 5.74) is 0.105. The number of rotatable bonds is 1. The average Bonchev–Trinajstić information content (AvgIpc) is 2.70. The minimum absolute atomic E-state index is 0.104. The predicted molar refractivity (Wildman–Crippen MR) is 72.6 cm³/mol. The standard InChI is InChI=1S/C15H9F3S/c16-15(17,18)19-9-14-12-7-3-1-5-10(12)11-6-2-4-8-13(11)14/h1-9H. The van der Waals surface area contributed by atoms with Crippen LogP contribution < -0.4 is 0 Å². The molecule has 19 heavy (non-hydrogen) atoms. The maximum absolute atomic E-state index is 12.4. The first kappa shape index (κ1) is 12.4. The SMILES string of the molecule is FC(F)(F)SC=C1c2ccccc2-c2ccccc21. The summed E-state index contributed by atoms with van der Waals surface area (Å²) in [5.74, 6) is 0. The molecule has 0 unspecified atom stereocenters. The fraction of sp³-hybridized carbons (Fsp3) is 0.0667. The van der Waals surface area contributed by atoms with Crippen molar-refractivity contribution in [1.29, 1.82) is 0 Å². The second kappa shape index (κ2) is 4.46. The van der Waals surface area contributed by atoms with E-state index in [2.05, 4.69) is 0 Å². The van der Waals surface area contributed by atoms with Gasteiger partial charge in [0, 0.05) is 0 Å². The van der Waals surface area contributed by atoms with Gasteiger partial charge in [-0.3, -0.25) is 0 Å². The molecule has 2 aromatic rings. The third kappa shape index (κ3) is 2.28. The summed E-state index contributed by atoms with van der Waals surface area (Å²) < 4.78 is 37.1. The van der Waals surface area contributed by atoms with Crippen molar-refractivity contribution < 1.29 is 13.2 Å². The Morgan fingerprint density at radius 2 is 1.16 bits per heavy atom. The maximum atomic E-state index is 12.4. The summed E-state index contributed by atoms with van der Waals surface area (Å²) in [6.45, 7) is 0. The van der Waals surface area contributed by atoms with Gasteiger partial charge in [-0.2, -0.15) is 13.2 Å². The Labute approximate surface area is 113 Å². The van der Waals surface area contributed by atoms with Gasteiger partial charge < -0.3 is 0 Å². The number of benzene rings is 2. The molecular formula is C15H9F3S. The zero-order valence-corrected chi connectivity index (χ0v) is 10.6. The Bertz CT molecular complexity index is 609. The van der Waals surface area contributed by atoms with Gasteiger partial charge in [-0.15, -0.1) is 0 Å². The number of hydrogen-bond donors (Lipinski definition) is 0. The molecule has 0 amide bonds. The predicted octanol–water partition coefficient (Wildman–Crippen LogP) is 5.31. The van der Waals surface area contributed by atoms with Crippen molar-refractivity contribution >= 4 is 17.3 Å². The van der Waals surface area contributed by atoms with Gasteiger partial charge in [0.25, 0.3) is 0 Å². The molecule has 4 heteroatoms. The van der Waals surface area contributed by atoms with Crippen LogP contribution >= 0.6 is 11.8 Å². The van der Waals surface area contributed by atoms with Crippen LogP contribution in [0, 0.1) is 0 Å². The molecular weight excluding hydrogens is 269 g/mol. The lowest BCUT2D eigenvalue weighted by molar-refractivity contribution is -0.0319. The first-order chi connectivity index (χ1) is 9.06. The van der Waals surface area contributed by atoms with Gasteiger partial charge in [0.05, 0.1) is 0 Å². The van der Waals surface area contributed by atoms with Gasteiger partial charge in [-0.1, -0.05) is 48.5 Å². The molecule has 0 N–H and O–H groups in total. The number of halogens is 3. The van der Waals surface area contributed by atoms with Crippen LogP contribution in [0.1, 0.15) is 11.1 Å². The molecule has 0 nitrogen and oxygen atoms in total. The fourth-order valence-electron chi connectivity index (χ4n) is 2.30. The number of alkyl halides is 3. The number of hydrogen-bond acceptors (Lipinski definition) is 1. The Balaban J connectivity index is 2.15. The summed E-state index contributed by atoms with van der Waals surface area (Å²) in [6, 6.07) is 15.1. The van der Waals surface area contributed by atoms with Crippen LogP contribution in [0.2, 0.25) is 0 Å². The first-order valence-electron chi connectivity index (χ1n) is 5.70. The molecule has 96 valence electrons. The lowest BCUT2D eigenvalue weighted by Gasteiger charge is -2.04. The summed E-state index contributed by atoms with van der Waals surface area (Å²) in [6.07, 6.45) is 0. The van der Waals surface area contributed by atoms with E-state index in [1.807, 2.05) is 48.5 Å². The maximum Gasteiger partial charge on any atom is 0.445 e. The molecule has 1 aliphatic carbocycles. The second-order valence-electron chi connectivity index (χ2n) is 4.19. The smallest absolute Gasteiger partial charge is 0.160 e. The zero-order valence-electron chi connectivity index (χ0n) is 9.74. The molecule has 0 radical (unpaired) electrons. The van der Waals surface area contributed by atoms with E-state index in [1.54, 1.807) is 0 Å². The van der Waals surface area contributed by atoms with Gasteiger partial charge in [0.15, 0.2) is 0 Å². The normalized spacial score (nSPS) is 13.1. The topological polar surface area (TPSA) is 0 Å². The molecule has 0 saturated heterocycles. The Morgan fingerprint density at radius 1 is 0.737 bits per heavy atom.